The van der Waals surface area contributed by atoms with E-state index in [4.69, 9.17) is 0 Å². The summed E-state index contributed by atoms with van der Waals surface area (Å²) >= 11 is 0. The lowest BCUT2D eigenvalue weighted by molar-refractivity contribution is -0.394. The summed E-state index contributed by atoms with van der Waals surface area (Å²) in [6, 6.07) is 3.62. The van der Waals surface area contributed by atoms with Crippen LogP contribution in [0.2, 0.25) is 0 Å². The van der Waals surface area contributed by atoms with Crippen LogP contribution in [0.5, 0.6) is 0 Å². The average molecular weight is 283 g/mol. The monoisotopic (exact) mass is 283 g/mol. The normalized spacial score (nSPS) is 12.4. The van der Waals surface area contributed by atoms with Gasteiger partial charge in [0.1, 0.15) is 0 Å². The van der Waals surface area contributed by atoms with Crippen molar-refractivity contribution in [3.8, 4) is 0 Å². The standard InChI is InChI=1S/C12H17N3O5/c1-9(16)5-6-13(2)8-10-3-4-11(14(17)18)7-12(10)15(19)20/h3-4,7,9,16H,5-6,8H2,1-2H3. The summed E-state index contributed by atoms with van der Waals surface area (Å²) < 4.78 is 0. The number of nitro benzene ring substituents is 2. The molecule has 0 aromatic heterocycles. The van der Waals surface area contributed by atoms with E-state index in [1.54, 1.807) is 14.0 Å². The quantitative estimate of drug-likeness (QED) is 0.602. The van der Waals surface area contributed by atoms with Crippen molar-refractivity contribution in [3.05, 3.63) is 44.0 Å². The Bertz CT molecular complexity index is 504. The minimum absolute atomic E-state index is 0.261. The molecule has 0 aliphatic heterocycles. The molecule has 8 heteroatoms. The van der Waals surface area contributed by atoms with Gasteiger partial charge in [-0.15, -0.1) is 0 Å². The zero-order valence-electron chi connectivity index (χ0n) is 11.4. The Morgan fingerprint density at radius 2 is 1.95 bits per heavy atom. The molecule has 0 radical (unpaired) electrons. The molecule has 20 heavy (non-hydrogen) atoms. The Hall–Kier alpha value is -2.06. The minimum Gasteiger partial charge on any atom is -0.393 e. The Labute approximate surface area is 115 Å². The molecule has 0 heterocycles. The summed E-state index contributed by atoms with van der Waals surface area (Å²) in [5.41, 5.74) is -0.149. The molecule has 1 atom stereocenters. The Kier molecular flexibility index (Phi) is 5.53. The maximum Gasteiger partial charge on any atom is 0.280 e. The number of non-ortho nitro benzene ring substituents is 1. The van der Waals surface area contributed by atoms with Crippen LogP contribution in [-0.4, -0.2) is 39.5 Å². The van der Waals surface area contributed by atoms with E-state index in [1.165, 1.54) is 12.1 Å². The van der Waals surface area contributed by atoms with Gasteiger partial charge in [0, 0.05) is 24.7 Å². The van der Waals surface area contributed by atoms with Crippen LogP contribution >= 0.6 is 0 Å². The maximum absolute atomic E-state index is 11.0. The Balaban J connectivity index is 2.89. The van der Waals surface area contributed by atoms with Crippen molar-refractivity contribution < 1.29 is 15.0 Å². The Morgan fingerprint density at radius 3 is 2.45 bits per heavy atom. The first-order chi connectivity index (χ1) is 9.31. The highest BCUT2D eigenvalue weighted by Gasteiger charge is 2.20. The zero-order chi connectivity index (χ0) is 15.3. The average Bonchev–Trinajstić information content (AvgIpc) is 2.36. The van der Waals surface area contributed by atoms with Crippen molar-refractivity contribution in [3.63, 3.8) is 0 Å². The fourth-order valence-corrected chi connectivity index (χ4v) is 1.75. The van der Waals surface area contributed by atoms with Crippen molar-refractivity contribution in [2.45, 2.75) is 26.0 Å². The molecule has 1 aromatic rings. The molecule has 0 amide bonds. The van der Waals surface area contributed by atoms with Gasteiger partial charge in [-0.1, -0.05) is 0 Å². The van der Waals surface area contributed by atoms with E-state index in [0.29, 0.717) is 25.1 Å². The summed E-state index contributed by atoms with van der Waals surface area (Å²) in [6.45, 7) is 2.54. The number of aliphatic hydroxyl groups is 1. The highest BCUT2D eigenvalue weighted by Crippen LogP contribution is 2.25. The predicted octanol–water partition coefficient (Wildman–Crippen LogP) is 1.71. The molecule has 1 unspecified atom stereocenters. The number of nitro groups is 2. The van der Waals surface area contributed by atoms with Gasteiger partial charge < -0.3 is 10.0 Å². The van der Waals surface area contributed by atoms with Crippen molar-refractivity contribution in [2.24, 2.45) is 0 Å². The van der Waals surface area contributed by atoms with E-state index >= 15 is 0 Å². The second kappa shape index (κ2) is 6.92. The van der Waals surface area contributed by atoms with Gasteiger partial charge in [0.05, 0.1) is 22.0 Å². The van der Waals surface area contributed by atoms with Crippen LogP contribution in [0.3, 0.4) is 0 Å². The lowest BCUT2D eigenvalue weighted by atomic mass is 10.1. The molecule has 0 bridgehead atoms. The molecule has 0 aliphatic rings. The van der Waals surface area contributed by atoms with Crippen LogP contribution in [0.15, 0.2) is 18.2 Å². The first-order valence-corrected chi connectivity index (χ1v) is 6.09. The van der Waals surface area contributed by atoms with Gasteiger partial charge in [0.2, 0.25) is 0 Å². The number of benzene rings is 1. The molecular weight excluding hydrogens is 266 g/mol. The molecule has 1 rings (SSSR count). The summed E-state index contributed by atoms with van der Waals surface area (Å²) in [6.07, 6.45) is 0.112. The van der Waals surface area contributed by atoms with Gasteiger partial charge in [0.25, 0.3) is 11.4 Å². The lowest BCUT2D eigenvalue weighted by Gasteiger charge is -2.17. The third kappa shape index (κ3) is 4.56. The second-order valence-electron chi connectivity index (χ2n) is 4.70. The van der Waals surface area contributed by atoms with Crippen molar-refractivity contribution >= 4 is 11.4 Å². The van der Waals surface area contributed by atoms with Gasteiger partial charge in [-0.25, -0.2) is 0 Å². The smallest absolute Gasteiger partial charge is 0.280 e. The van der Waals surface area contributed by atoms with Crippen LogP contribution in [0.25, 0.3) is 0 Å². The Morgan fingerprint density at radius 1 is 1.30 bits per heavy atom. The van der Waals surface area contributed by atoms with E-state index in [0.717, 1.165) is 6.07 Å². The molecule has 110 valence electrons. The van der Waals surface area contributed by atoms with Gasteiger partial charge in [-0.3, -0.25) is 20.2 Å². The molecule has 0 saturated carbocycles. The molecule has 8 nitrogen and oxygen atoms in total. The van der Waals surface area contributed by atoms with Crippen molar-refractivity contribution in [2.75, 3.05) is 13.6 Å². The number of aliphatic hydroxyl groups excluding tert-OH is 1. The first-order valence-electron chi connectivity index (χ1n) is 6.09. The van der Waals surface area contributed by atoms with E-state index < -0.39 is 16.0 Å². The van der Waals surface area contributed by atoms with E-state index in [9.17, 15) is 25.3 Å². The summed E-state index contributed by atoms with van der Waals surface area (Å²) in [4.78, 5) is 22.1. The first kappa shape index (κ1) is 16.0. The summed E-state index contributed by atoms with van der Waals surface area (Å²) in [5.74, 6) is 0. The fourth-order valence-electron chi connectivity index (χ4n) is 1.75. The van der Waals surface area contributed by atoms with Crippen LogP contribution in [0.4, 0.5) is 11.4 Å². The molecular formula is C12H17N3O5. The molecule has 1 N–H and O–H groups in total. The number of hydrogen-bond donors (Lipinski definition) is 1. The molecule has 1 aromatic carbocycles. The maximum atomic E-state index is 11.0. The van der Waals surface area contributed by atoms with Crippen LogP contribution in [-0.2, 0) is 6.54 Å². The van der Waals surface area contributed by atoms with E-state index in [2.05, 4.69) is 0 Å². The SMILES string of the molecule is CC(O)CCN(C)Cc1ccc([N+](=O)[O-])cc1[N+](=O)[O-]. The number of rotatable bonds is 7. The van der Waals surface area contributed by atoms with Crippen LogP contribution in [0, 0.1) is 20.2 Å². The topological polar surface area (TPSA) is 110 Å². The second-order valence-corrected chi connectivity index (χ2v) is 4.70. The molecule has 0 aliphatic carbocycles. The van der Waals surface area contributed by atoms with E-state index in [1.807, 2.05) is 4.90 Å². The summed E-state index contributed by atoms with van der Waals surface area (Å²) in [7, 11) is 1.77. The van der Waals surface area contributed by atoms with Crippen molar-refractivity contribution in [1.82, 2.24) is 4.90 Å². The lowest BCUT2D eigenvalue weighted by Crippen LogP contribution is -2.22. The highest BCUT2D eigenvalue weighted by atomic mass is 16.6. The van der Waals surface area contributed by atoms with Crippen LogP contribution < -0.4 is 0 Å². The van der Waals surface area contributed by atoms with Gasteiger partial charge in [0.15, 0.2) is 0 Å². The number of nitrogens with zero attached hydrogens (tertiary/aromatic N) is 3. The largest absolute Gasteiger partial charge is 0.393 e. The third-order valence-electron chi connectivity index (χ3n) is 2.85. The highest BCUT2D eigenvalue weighted by molar-refractivity contribution is 5.49. The molecule has 0 saturated heterocycles. The minimum atomic E-state index is -0.659. The fraction of sp³-hybridized carbons (Fsp3) is 0.500. The zero-order valence-corrected chi connectivity index (χ0v) is 11.4. The molecule has 0 fully saturated rings. The predicted molar refractivity (Wildman–Crippen MR) is 72.4 cm³/mol. The van der Waals surface area contributed by atoms with Crippen molar-refractivity contribution in [1.29, 1.82) is 0 Å². The van der Waals surface area contributed by atoms with E-state index in [-0.39, 0.29) is 11.4 Å². The number of hydrogen-bond acceptors (Lipinski definition) is 6. The third-order valence-corrected chi connectivity index (χ3v) is 2.85. The molecule has 0 spiro atoms. The summed E-state index contributed by atoms with van der Waals surface area (Å²) in [5, 5.41) is 30.8. The van der Waals surface area contributed by atoms with Gasteiger partial charge in [-0.05, 0) is 26.5 Å². The van der Waals surface area contributed by atoms with Crippen LogP contribution in [0.1, 0.15) is 18.9 Å². The van der Waals surface area contributed by atoms with Gasteiger partial charge >= 0.3 is 0 Å². The van der Waals surface area contributed by atoms with Gasteiger partial charge in [-0.2, -0.15) is 0 Å².